The second kappa shape index (κ2) is 6.93. The zero-order valence-electron chi connectivity index (χ0n) is 13.9. The molecule has 0 N–H and O–H groups in total. The van der Waals surface area contributed by atoms with E-state index < -0.39 is 0 Å². The Labute approximate surface area is 146 Å². The van der Waals surface area contributed by atoms with Crippen molar-refractivity contribution in [2.75, 3.05) is 26.2 Å². The second-order valence-electron chi connectivity index (χ2n) is 6.21. The molecule has 1 fully saturated rings. The molecule has 0 bridgehead atoms. The number of piperazine rings is 1. The quantitative estimate of drug-likeness (QED) is 0.862. The van der Waals surface area contributed by atoms with E-state index in [1.54, 1.807) is 11.1 Å². The minimum atomic E-state index is -0.255. The van der Waals surface area contributed by atoms with E-state index in [0.717, 1.165) is 23.6 Å². The zero-order valence-corrected chi connectivity index (χ0v) is 13.9. The summed E-state index contributed by atoms with van der Waals surface area (Å²) in [4.78, 5) is 25.4. The van der Waals surface area contributed by atoms with Crippen molar-refractivity contribution in [3.63, 3.8) is 0 Å². The fraction of sp³-hybridized carbons (Fsp3) is 0.316. The number of nitrogens with zero attached hydrogens (tertiary/aromatic N) is 4. The molecule has 3 heterocycles. The van der Waals surface area contributed by atoms with Crippen molar-refractivity contribution in [3.05, 3.63) is 66.0 Å². The summed E-state index contributed by atoms with van der Waals surface area (Å²) in [6, 6.07) is 15.8. The second-order valence-corrected chi connectivity index (χ2v) is 6.21. The molecule has 1 amide bonds. The third-order valence-corrected chi connectivity index (χ3v) is 4.56. The monoisotopic (exact) mass is 336 g/mol. The molecule has 4 rings (SSSR count). The maximum Gasteiger partial charge on any atom is 0.410 e. The molecule has 1 aromatic heterocycles. The summed E-state index contributed by atoms with van der Waals surface area (Å²) >= 11 is 0. The van der Waals surface area contributed by atoms with Gasteiger partial charge in [-0.1, -0.05) is 36.4 Å². The Hall–Kier alpha value is -2.89. The molecule has 0 radical (unpaired) electrons. The molecule has 2 aromatic rings. The number of hydrogen-bond donors (Lipinski definition) is 0. The van der Waals surface area contributed by atoms with Crippen LogP contribution < -0.4 is 0 Å². The third-order valence-electron chi connectivity index (χ3n) is 4.56. The summed E-state index contributed by atoms with van der Waals surface area (Å²) < 4.78 is 5.45. The number of benzene rings is 1. The van der Waals surface area contributed by atoms with E-state index in [2.05, 4.69) is 14.9 Å². The number of carbonyl (C=O) groups is 1. The molecule has 0 aliphatic carbocycles. The molecule has 6 nitrogen and oxygen atoms in total. The standard InChI is InChI=1S/C19H20N4O2/c24-19(25-14-15-6-2-1-3-7-15)22-10-11-23-16(13-22)12-21-18(23)17-8-4-5-9-20-17/h1-9,16H,10-14H2. The number of pyridine rings is 1. The molecule has 2 aliphatic heterocycles. The Morgan fingerprint density at radius 1 is 1.12 bits per heavy atom. The van der Waals surface area contributed by atoms with Crippen molar-refractivity contribution >= 4 is 11.9 Å². The van der Waals surface area contributed by atoms with Crippen LogP contribution in [0.3, 0.4) is 0 Å². The van der Waals surface area contributed by atoms with Crippen LogP contribution in [0.1, 0.15) is 11.3 Å². The van der Waals surface area contributed by atoms with Gasteiger partial charge in [0, 0.05) is 25.8 Å². The largest absolute Gasteiger partial charge is 0.445 e. The molecule has 25 heavy (non-hydrogen) atoms. The van der Waals surface area contributed by atoms with Crippen molar-refractivity contribution in [2.24, 2.45) is 4.99 Å². The molecular weight excluding hydrogens is 316 g/mol. The summed E-state index contributed by atoms with van der Waals surface area (Å²) in [5.41, 5.74) is 1.89. The summed E-state index contributed by atoms with van der Waals surface area (Å²) in [6.45, 7) is 3.01. The zero-order chi connectivity index (χ0) is 17.1. The lowest BCUT2D eigenvalue weighted by Gasteiger charge is -2.38. The molecule has 128 valence electrons. The van der Waals surface area contributed by atoms with Crippen molar-refractivity contribution in [2.45, 2.75) is 12.6 Å². The fourth-order valence-corrected chi connectivity index (χ4v) is 3.27. The maximum atomic E-state index is 12.3. The van der Waals surface area contributed by atoms with E-state index in [0.29, 0.717) is 26.2 Å². The van der Waals surface area contributed by atoms with Crippen LogP contribution in [0.4, 0.5) is 4.79 Å². The summed E-state index contributed by atoms with van der Waals surface area (Å²) in [7, 11) is 0. The van der Waals surface area contributed by atoms with Crippen LogP contribution in [0.2, 0.25) is 0 Å². The lowest BCUT2D eigenvalue weighted by Crippen LogP contribution is -2.55. The van der Waals surface area contributed by atoms with E-state index in [9.17, 15) is 4.79 Å². The number of fused-ring (bicyclic) bond motifs is 1. The Bertz CT molecular complexity index is 764. The smallest absolute Gasteiger partial charge is 0.410 e. The van der Waals surface area contributed by atoms with Gasteiger partial charge in [-0.2, -0.15) is 0 Å². The first-order chi connectivity index (χ1) is 12.3. The van der Waals surface area contributed by atoms with Gasteiger partial charge in [0.1, 0.15) is 18.1 Å². The highest BCUT2D eigenvalue weighted by Gasteiger charge is 2.36. The van der Waals surface area contributed by atoms with Gasteiger partial charge in [-0.05, 0) is 17.7 Å². The molecule has 1 unspecified atom stereocenters. The number of hydrogen-bond acceptors (Lipinski definition) is 5. The van der Waals surface area contributed by atoms with E-state index in [1.807, 2.05) is 48.5 Å². The van der Waals surface area contributed by atoms with Crippen LogP contribution in [0.5, 0.6) is 0 Å². The van der Waals surface area contributed by atoms with E-state index in [4.69, 9.17) is 4.74 Å². The molecular formula is C19H20N4O2. The highest BCUT2D eigenvalue weighted by atomic mass is 16.6. The predicted molar refractivity (Wildman–Crippen MR) is 94.3 cm³/mol. The first-order valence-electron chi connectivity index (χ1n) is 8.49. The number of rotatable bonds is 3. The molecule has 0 spiro atoms. The van der Waals surface area contributed by atoms with Crippen molar-refractivity contribution in [1.82, 2.24) is 14.8 Å². The fourth-order valence-electron chi connectivity index (χ4n) is 3.27. The van der Waals surface area contributed by atoms with Gasteiger partial charge in [0.05, 0.1) is 12.6 Å². The molecule has 1 aromatic carbocycles. The van der Waals surface area contributed by atoms with Crippen molar-refractivity contribution in [3.8, 4) is 0 Å². The lowest BCUT2D eigenvalue weighted by atomic mass is 10.2. The van der Waals surface area contributed by atoms with Crippen LogP contribution in [-0.4, -0.2) is 58.9 Å². The molecule has 6 heteroatoms. The van der Waals surface area contributed by atoms with Gasteiger partial charge in [-0.15, -0.1) is 0 Å². The number of amides is 1. The van der Waals surface area contributed by atoms with Crippen LogP contribution in [0.15, 0.2) is 59.7 Å². The average molecular weight is 336 g/mol. The van der Waals surface area contributed by atoms with Gasteiger partial charge in [0.25, 0.3) is 0 Å². The molecule has 1 saturated heterocycles. The van der Waals surface area contributed by atoms with Gasteiger partial charge >= 0.3 is 6.09 Å². The number of ether oxygens (including phenoxy) is 1. The Balaban J connectivity index is 1.34. The van der Waals surface area contributed by atoms with E-state index in [1.165, 1.54) is 0 Å². The Morgan fingerprint density at radius 2 is 1.96 bits per heavy atom. The number of aromatic nitrogens is 1. The Morgan fingerprint density at radius 3 is 2.76 bits per heavy atom. The van der Waals surface area contributed by atoms with Crippen LogP contribution in [0, 0.1) is 0 Å². The van der Waals surface area contributed by atoms with Gasteiger partial charge in [-0.3, -0.25) is 9.98 Å². The third kappa shape index (κ3) is 3.33. The summed E-state index contributed by atoms with van der Waals surface area (Å²) in [5, 5.41) is 0. The number of aliphatic imine (C=N–C) groups is 1. The molecule has 0 saturated carbocycles. The summed E-state index contributed by atoms with van der Waals surface area (Å²) in [6.07, 6.45) is 1.53. The predicted octanol–water partition coefficient (Wildman–Crippen LogP) is 2.16. The van der Waals surface area contributed by atoms with E-state index >= 15 is 0 Å². The highest BCUT2D eigenvalue weighted by Crippen LogP contribution is 2.20. The lowest BCUT2D eigenvalue weighted by molar-refractivity contribution is 0.0721. The van der Waals surface area contributed by atoms with Crippen molar-refractivity contribution < 1.29 is 9.53 Å². The van der Waals surface area contributed by atoms with Gasteiger partial charge in [0.15, 0.2) is 0 Å². The highest BCUT2D eigenvalue weighted by molar-refractivity contribution is 5.98. The average Bonchev–Trinajstić information content (AvgIpc) is 3.11. The van der Waals surface area contributed by atoms with Crippen LogP contribution in [0.25, 0.3) is 0 Å². The first kappa shape index (κ1) is 15.6. The van der Waals surface area contributed by atoms with Gasteiger partial charge in [0.2, 0.25) is 0 Å². The van der Waals surface area contributed by atoms with Crippen LogP contribution in [-0.2, 0) is 11.3 Å². The molecule has 1 atom stereocenters. The number of amidine groups is 1. The molecule has 2 aliphatic rings. The minimum absolute atomic E-state index is 0.204. The van der Waals surface area contributed by atoms with Crippen LogP contribution >= 0.6 is 0 Å². The van der Waals surface area contributed by atoms with Crippen molar-refractivity contribution in [1.29, 1.82) is 0 Å². The SMILES string of the molecule is O=C(OCc1ccccc1)N1CCN2C(c3ccccn3)=NCC2C1. The summed E-state index contributed by atoms with van der Waals surface area (Å²) in [5.74, 6) is 0.933. The minimum Gasteiger partial charge on any atom is -0.445 e. The van der Waals surface area contributed by atoms with Gasteiger partial charge in [-0.25, -0.2) is 4.79 Å². The number of carbonyl (C=O) groups excluding carboxylic acids is 1. The first-order valence-corrected chi connectivity index (χ1v) is 8.49. The maximum absolute atomic E-state index is 12.3. The normalized spacial score (nSPS) is 19.4. The Kier molecular flexibility index (Phi) is 4.33. The topological polar surface area (TPSA) is 58.0 Å². The van der Waals surface area contributed by atoms with E-state index in [-0.39, 0.29) is 12.1 Å². The van der Waals surface area contributed by atoms with Gasteiger partial charge < -0.3 is 14.5 Å².